The van der Waals surface area contributed by atoms with E-state index in [0.29, 0.717) is 18.3 Å². The first-order valence-electron chi connectivity index (χ1n) is 8.70. The Morgan fingerprint density at radius 1 is 1.16 bits per heavy atom. The Hall–Kier alpha value is -2.31. The Balaban J connectivity index is 1.34. The minimum absolute atomic E-state index is 0.201. The van der Waals surface area contributed by atoms with E-state index in [0.717, 1.165) is 31.7 Å². The van der Waals surface area contributed by atoms with Crippen molar-refractivity contribution in [3.8, 4) is 11.5 Å². The van der Waals surface area contributed by atoms with Crippen molar-refractivity contribution in [3.05, 3.63) is 48.7 Å². The van der Waals surface area contributed by atoms with Crippen LogP contribution in [-0.4, -0.2) is 53.6 Å². The van der Waals surface area contributed by atoms with Crippen LogP contribution in [0.5, 0.6) is 11.5 Å². The number of anilines is 1. The number of pyridine rings is 1. The molecular weight excluding hydrogens is 318 g/mol. The van der Waals surface area contributed by atoms with Gasteiger partial charge in [0.05, 0.1) is 0 Å². The third-order valence-electron chi connectivity index (χ3n) is 4.39. The zero-order chi connectivity index (χ0) is 17.5. The number of rotatable bonds is 7. The van der Waals surface area contributed by atoms with Gasteiger partial charge in [-0.3, -0.25) is 0 Å². The van der Waals surface area contributed by atoms with Crippen molar-refractivity contribution in [3.63, 3.8) is 0 Å². The first-order valence-corrected chi connectivity index (χ1v) is 8.70. The molecule has 134 valence electrons. The number of ether oxygens (including phenoxy) is 1. The molecule has 1 aliphatic heterocycles. The summed E-state index contributed by atoms with van der Waals surface area (Å²) in [6, 6.07) is 12.9. The molecule has 0 bridgehead atoms. The molecule has 1 aromatic heterocycles. The Labute approximate surface area is 148 Å². The fraction of sp³-hybridized carbons (Fsp3) is 0.421. The van der Waals surface area contributed by atoms with Gasteiger partial charge in [0, 0.05) is 31.9 Å². The van der Waals surface area contributed by atoms with Gasteiger partial charge in [0.1, 0.15) is 30.0 Å². The average molecular weight is 343 g/mol. The summed E-state index contributed by atoms with van der Waals surface area (Å²) in [5.41, 5.74) is 0. The van der Waals surface area contributed by atoms with Gasteiger partial charge in [-0.25, -0.2) is 4.98 Å². The molecule has 0 aliphatic carbocycles. The molecule has 1 saturated heterocycles. The number of aromatic nitrogens is 1. The van der Waals surface area contributed by atoms with Crippen molar-refractivity contribution in [1.82, 2.24) is 10.3 Å². The van der Waals surface area contributed by atoms with Crippen LogP contribution < -0.4 is 15.0 Å². The lowest BCUT2D eigenvalue weighted by atomic mass is 10.0. The van der Waals surface area contributed by atoms with Crippen LogP contribution in [-0.2, 0) is 0 Å². The van der Waals surface area contributed by atoms with Crippen LogP contribution in [0.25, 0.3) is 0 Å². The van der Waals surface area contributed by atoms with E-state index in [-0.39, 0.29) is 12.4 Å². The highest BCUT2D eigenvalue weighted by molar-refractivity contribution is 5.38. The molecule has 2 aromatic rings. The van der Waals surface area contributed by atoms with E-state index >= 15 is 0 Å². The molecule has 0 radical (unpaired) electrons. The Kier molecular flexibility index (Phi) is 6.09. The molecule has 25 heavy (non-hydrogen) atoms. The van der Waals surface area contributed by atoms with Crippen LogP contribution in [0.1, 0.15) is 12.8 Å². The number of aromatic hydroxyl groups is 1. The SMILES string of the molecule is Oc1ccc(OCC(O)CNC2CCN(c3ccccn3)CC2)cc1. The standard InChI is InChI=1S/C19H25N3O3/c23-16-4-6-18(7-5-16)25-14-17(24)13-21-15-8-11-22(12-9-15)19-3-1-2-10-20-19/h1-7,10,15,17,21,23-24H,8-9,11-14H2. The van der Waals surface area contributed by atoms with Crippen LogP contribution in [0.4, 0.5) is 5.82 Å². The Morgan fingerprint density at radius 3 is 2.60 bits per heavy atom. The van der Waals surface area contributed by atoms with E-state index in [1.807, 2.05) is 24.4 Å². The Bertz CT molecular complexity index is 628. The highest BCUT2D eigenvalue weighted by atomic mass is 16.5. The zero-order valence-electron chi connectivity index (χ0n) is 14.2. The van der Waals surface area contributed by atoms with Crippen molar-refractivity contribution < 1.29 is 14.9 Å². The maximum Gasteiger partial charge on any atom is 0.128 e. The number of aliphatic hydroxyl groups is 1. The fourth-order valence-electron chi connectivity index (χ4n) is 2.95. The maximum atomic E-state index is 10.1. The van der Waals surface area contributed by atoms with E-state index in [1.165, 1.54) is 0 Å². The second kappa shape index (κ2) is 8.69. The number of hydrogen-bond acceptors (Lipinski definition) is 6. The second-order valence-electron chi connectivity index (χ2n) is 6.32. The van der Waals surface area contributed by atoms with E-state index in [9.17, 15) is 10.2 Å². The molecule has 1 aliphatic rings. The number of hydrogen-bond donors (Lipinski definition) is 3. The summed E-state index contributed by atoms with van der Waals surface area (Å²) in [6.07, 6.45) is 3.32. The summed E-state index contributed by atoms with van der Waals surface area (Å²) in [5.74, 6) is 1.87. The maximum absolute atomic E-state index is 10.1. The molecule has 1 aromatic carbocycles. The van der Waals surface area contributed by atoms with Crippen molar-refractivity contribution in [2.24, 2.45) is 0 Å². The smallest absolute Gasteiger partial charge is 0.128 e. The van der Waals surface area contributed by atoms with Crippen molar-refractivity contribution in [2.75, 3.05) is 31.1 Å². The summed E-state index contributed by atoms with van der Waals surface area (Å²) in [6.45, 7) is 2.67. The van der Waals surface area contributed by atoms with Crippen LogP contribution in [0.2, 0.25) is 0 Å². The van der Waals surface area contributed by atoms with Gasteiger partial charge in [-0.15, -0.1) is 0 Å². The topological polar surface area (TPSA) is 77.8 Å². The molecule has 1 atom stereocenters. The van der Waals surface area contributed by atoms with Gasteiger partial charge in [-0.2, -0.15) is 0 Å². The lowest BCUT2D eigenvalue weighted by Crippen LogP contribution is -2.45. The first-order chi connectivity index (χ1) is 12.2. The molecule has 3 rings (SSSR count). The van der Waals surface area contributed by atoms with Gasteiger partial charge in [0.25, 0.3) is 0 Å². The average Bonchev–Trinajstić information content (AvgIpc) is 2.67. The van der Waals surface area contributed by atoms with E-state index < -0.39 is 6.10 Å². The van der Waals surface area contributed by atoms with Gasteiger partial charge in [-0.05, 0) is 49.2 Å². The summed E-state index contributed by atoms with van der Waals surface area (Å²) in [4.78, 5) is 6.69. The van der Waals surface area contributed by atoms with Crippen LogP contribution >= 0.6 is 0 Å². The number of nitrogens with zero attached hydrogens (tertiary/aromatic N) is 2. The number of piperidine rings is 1. The highest BCUT2D eigenvalue weighted by Gasteiger charge is 2.20. The molecule has 1 fully saturated rings. The lowest BCUT2D eigenvalue weighted by Gasteiger charge is -2.33. The second-order valence-corrected chi connectivity index (χ2v) is 6.32. The van der Waals surface area contributed by atoms with Gasteiger partial charge < -0.3 is 25.2 Å². The molecule has 6 nitrogen and oxygen atoms in total. The quantitative estimate of drug-likeness (QED) is 0.711. The molecule has 1 unspecified atom stereocenters. The highest BCUT2D eigenvalue weighted by Crippen LogP contribution is 2.18. The number of nitrogens with one attached hydrogen (secondary N) is 1. The summed E-state index contributed by atoms with van der Waals surface area (Å²) in [5, 5.41) is 22.7. The fourth-order valence-corrected chi connectivity index (χ4v) is 2.95. The monoisotopic (exact) mass is 343 g/mol. The van der Waals surface area contributed by atoms with Gasteiger partial charge in [-0.1, -0.05) is 6.07 Å². The number of phenolic OH excluding ortho intramolecular Hbond substituents is 1. The molecule has 0 saturated carbocycles. The predicted molar refractivity (Wildman–Crippen MR) is 97.1 cm³/mol. The van der Waals surface area contributed by atoms with Gasteiger partial charge >= 0.3 is 0 Å². The third-order valence-corrected chi connectivity index (χ3v) is 4.39. The van der Waals surface area contributed by atoms with E-state index in [4.69, 9.17) is 4.74 Å². The normalized spacial score (nSPS) is 16.6. The van der Waals surface area contributed by atoms with Crippen molar-refractivity contribution in [1.29, 1.82) is 0 Å². The minimum Gasteiger partial charge on any atom is -0.508 e. The minimum atomic E-state index is -0.567. The molecule has 0 amide bonds. The van der Waals surface area contributed by atoms with Crippen LogP contribution in [0.3, 0.4) is 0 Å². The van der Waals surface area contributed by atoms with Crippen molar-refractivity contribution >= 4 is 5.82 Å². The van der Waals surface area contributed by atoms with Crippen LogP contribution in [0, 0.1) is 0 Å². The Morgan fingerprint density at radius 2 is 1.92 bits per heavy atom. The third kappa shape index (κ3) is 5.34. The lowest BCUT2D eigenvalue weighted by molar-refractivity contribution is 0.102. The molecule has 2 heterocycles. The molecule has 6 heteroatoms. The van der Waals surface area contributed by atoms with Gasteiger partial charge in [0.2, 0.25) is 0 Å². The predicted octanol–water partition coefficient (Wildman–Crippen LogP) is 1.79. The molecule has 3 N–H and O–H groups in total. The number of phenols is 1. The molecular formula is C19H25N3O3. The summed E-state index contributed by atoms with van der Waals surface area (Å²) < 4.78 is 5.52. The zero-order valence-corrected chi connectivity index (χ0v) is 14.2. The summed E-state index contributed by atoms with van der Waals surface area (Å²) in [7, 11) is 0. The van der Waals surface area contributed by atoms with Gasteiger partial charge in [0.15, 0.2) is 0 Å². The largest absolute Gasteiger partial charge is 0.508 e. The van der Waals surface area contributed by atoms with E-state index in [2.05, 4.69) is 15.2 Å². The van der Waals surface area contributed by atoms with E-state index in [1.54, 1.807) is 24.3 Å². The number of aliphatic hydroxyl groups excluding tert-OH is 1. The first kappa shape index (κ1) is 17.5. The summed E-state index contributed by atoms with van der Waals surface area (Å²) >= 11 is 0. The number of benzene rings is 1. The molecule has 0 spiro atoms. The van der Waals surface area contributed by atoms with Crippen LogP contribution in [0.15, 0.2) is 48.7 Å². The van der Waals surface area contributed by atoms with Crippen molar-refractivity contribution in [2.45, 2.75) is 25.0 Å².